The van der Waals surface area contributed by atoms with Crippen LogP contribution in [-0.2, 0) is 0 Å². The highest BCUT2D eigenvalue weighted by Gasteiger charge is 2.22. The topological polar surface area (TPSA) is 24.9 Å². The van der Waals surface area contributed by atoms with Gasteiger partial charge in [-0.3, -0.25) is 0 Å². The molecule has 1 aromatic heterocycles. The molecule has 2 rings (SSSR count). The molecule has 0 bridgehead atoms. The van der Waals surface area contributed by atoms with Crippen molar-refractivity contribution in [3.8, 4) is 0 Å². The molecule has 1 heterocycles. The molecule has 13 heavy (non-hydrogen) atoms. The van der Waals surface area contributed by atoms with E-state index in [0.717, 1.165) is 5.92 Å². The maximum Gasteiger partial charge on any atom is 0.0795 e. The minimum absolute atomic E-state index is 0.483. The van der Waals surface area contributed by atoms with E-state index < -0.39 is 0 Å². The molecule has 0 aliphatic heterocycles. The Balaban J connectivity index is 1.92. The summed E-state index contributed by atoms with van der Waals surface area (Å²) in [5.74, 6) is 0.944. The molecule has 0 spiro atoms. The van der Waals surface area contributed by atoms with Crippen LogP contribution >= 0.6 is 11.3 Å². The van der Waals surface area contributed by atoms with Crippen LogP contribution in [0.1, 0.15) is 37.4 Å². The van der Waals surface area contributed by atoms with Crippen molar-refractivity contribution < 1.29 is 0 Å². The number of hydrogen-bond acceptors (Lipinski definition) is 3. The monoisotopic (exact) mass is 196 g/mol. The third kappa shape index (κ3) is 2.09. The highest BCUT2D eigenvalue weighted by molar-refractivity contribution is 7.07. The summed E-state index contributed by atoms with van der Waals surface area (Å²) in [6.07, 6.45) is 5.53. The number of nitrogens with one attached hydrogen (secondary N) is 1. The lowest BCUT2D eigenvalue weighted by Gasteiger charge is -2.28. The summed E-state index contributed by atoms with van der Waals surface area (Å²) in [5, 5.41) is 5.50. The van der Waals surface area contributed by atoms with E-state index in [4.69, 9.17) is 0 Å². The van der Waals surface area contributed by atoms with E-state index in [9.17, 15) is 0 Å². The maximum absolute atomic E-state index is 4.35. The van der Waals surface area contributed by atoms with Crippen LogP contribution < -0.4 is 5.32 Å². The van der Waals surface area contributed by atoms with Gasteiger partial charge in [-0.15, -0.1) is 11.3 Å². The second-order valence-corrected chi connectivity index (χ2v) is 4.51. The first-order chi connectivity index (χ1) is 6.40. The first-order valence-electron chi connectivity index (χ1n) is 4.95. The molecule has 1 aromatic rings. The quantitative estimate of drug-likeness (QED) is 0.800. The number of nitrogens with zero attached hydrogens (tertiary/aromatic N) is 1. The van der Waals surface area contributed by atoms with Gasteiger partial charge in [-0.2, -0.15) is 0 Å². The van der Waals surface area contributed by atoms with E-state index in [1.807, 2.05) is 12.6 Å². The zero-order valence-electron chi connectivity index (χ0n) is 7.99. The van der Waals surface area contributed by atoms with Crippen LogP contribution in [0.2, 0.25) is 0 Å². The summed E-state index contributed by atoms with van der Waals surface area (Å²) in [5.41, 5.74) is 3.14. The molecule has 0 amide bonds. The fourth-order valence-electron chi connectivity index (χ4n) is 1.84. The smallest absolute Gasteiger partial charge is 0.0795 e. The summed E-state index contributed by atoms with van der Waals surface area (Å²) >= 11 is 1.68. The second kappa shape index (κ2) is 4.20. The van der Waals surface area contributed by atoms with Crippen molar-refractivity contribution in [2.45, 2.75) is 31.7 Å². The Morgan fingerprint density at radius 1 is 1.69 bits per heavy atom. The predicted molar refractivity (Wildman–Crippen MR) is 55.9 cm³/mol. The summed E-state index contributed by atoms with van der Waals surface area (Å²) in [7, 11) is 2.03. The molecule has 1 saturated carbocycles. The van der Waals surface area contributed by atoms with Crippen LogP contribution in [0.25, 0.3) is 0 Å². The fourth-order valence-corrected chi connectivity index (χ4v) is 2.45. The van der Waals surface area contributed by atoms with Gasteiger partial charge in [-0.05, 0) is 19.4 Å². The van der Waals surface area contributed by atoms with Crippen LogP contribution in [0.3, 0.4) is 0 Å². The molecule has 0 radical (unpaired) electrons. The average Bonchev–Trinajstić information content (AvgIpc) is 2.55. The Kier molecular flexibility index (Phi) is 2.96. The number of rotatable bonds is 4. The molecular formula is C10H16N2S. The van der Waals surface area contributed by atoms with Crippen molar-refractivity contribution in [1.82, 2.24) is 10.3 Å². The Bertz CT molecular complexity index is 241. The van der Waals surface area contributed by atoms with Crippen molar-refractivity contribution in [2.75, 3.05) is 7.05 Å². The summed E-state index contributed by atoms with van der Waals surface area (Å²) in [4.78, 5) is 4.35. The van der Waals surface area contributed by atoms with Gasteiger partial charge in [0.1, 0.15) is 0 Å². The van der Waals surface area contributed by atoms with Gasteiger partial charge in [0.15, 0.2) is 0 Å². The molecule has 0 saturated heterocycles. The highest BCUT2D eigenvalue weighted by Crippen LogP contribution is 2.34. The van der Waals surface area contributed by atoms with E-state index in [1.54, 1.807) is 11.3 Å². The Morgan fingerprint density at radius 2 is 2.54 bits per heavy atom. The molecule has 1 N–H and O–H groups in total. The van der Waals surface area contributed by atoms with Crippen LogP contribution in [-0.4, -0.2) is 12.0 Å². The van der Waals surface area contributed by atoms with Gasteiger partial charge in [0.05, 0.1) is 17.2 Å². The Labute approximate surface area is 83.4 Å². The van der Waals surface area contributed by atoms with Crippen molar-refractivity contribution in [3.05, 3.63) is 16.6 Å². The first kappa shape index (κ1) is 9.16. The molecule has 1 aliphatic rings. The molecule has 0 aromatic carbocycles. The number of hydrogen-bond donors (Lipinski definition) is 1. The summed E-state index contributed by atoms with van der Waals surface area (Å²) < 4.78 is 0. The van der Waals surface area contributed by atoms with Gasteiger partial charge in [0, 0.05) is 5.38 Å². The molecule has 1 fully saturated rings. The Hall–Kier alpha value is -0.410. The maximum atomic E-state index is 4.35. The van der Waals surface area contributed by atoms with E-state index in [0.29, 0.717) is 6.04 Å². The molecule has 1 unspecified atom stereocenters. The van der Waals surface area contributed by atoms with E-state index in [2.05, 4.69) is 15.7 Å². The highest BCUT2D eigenvalue weighted by atomic mass is 32.1. The van der Waals surface area contributed by atoms with Gasteiger partial charge >= 0.3 is 0 Å². The van der Waals surface area contributed by atoms with Crippen molar-refractivity contribution in [2.24, 2.45) is 5.92 Å². The Morgan fingerprint density at radius 3 is 3.00 bits per heavy atom. The average molecular weight is 196 g/mol. The molecule has 2 nitrogen and oxygen atoms in total. The fraction of sp³-hybridized carbons (Fsp3) is 0.700. The SMILES string of the molecule is CNC(CC1CCC1)c1cscn1. The largest absolute Gasteiger partial charge is 0.312 e. The number of thiazole rings is 1. The molecule has 1 atom stereocenters. The van der Waals surface area contributed by atoms with Gasteiger partial charge in [0.25, 0.3) is 0 Å². The normalized spacial score (nSPS) is 19.8. The third-order valence-electron chi connectivity index (χ3n) is 2.95. The third-order valence-corrected chi connectivity index (χ3v) is 3.56. The summed E-state index contributed by atoms with van der Waals surface area (Å²) in [6, 6.07) is 0.483. The standard InChI is InChI=1S/C10H16N2S/c1-11-9(5-8-3-2-4-8)10-6-13-7-12-10/h6-9,11H,2-5H2,1H3. The lowest BCUT2D eigenvalue weighted by Crippen LogP contribution is -2.23. The van der Waals surface area contributed by atoms with E-state index in [1.165, 1.54) is 31.4 Å². The first-order valence-corrected chi connectivity index (χ1v) is 5.90. The van der Waals surface area contributed by atoms with E-state index >= 15 is 0 Å². The lowest BCUT2D eigenvalue weighted by atomic mass is 9.80. The van der Waals surface area contributed by atoms with E-state index in [-0.39, 0.29) is 0 Å². The lowest BCUT2D eigenvalue weighted by molar-refractivity contribution is 0.264. The number of aromatic nitrogens is 1. The molecular weight excluding hydrogens is 180 g/mol. The second-order valence-electron chi connectivity index (χ2n) is 3.79. The molecule has 1 aliphatic carbocycles. The predicted octanol–water partition coefficient (Wildman–Crippen LogP) is 2.59. The molecule has 72 valence electrons. The van der Waals surface area contributed by atoms with Crippen LogP contribution in [0.15, 0.2) is 10.9 Å². The molecule has 3 heteroatoms. The van der Waals surface area contributed by atoms with Crippen LogP contribution in [0, 0.1) is 5.92 Å². The van der Waals surface area contributed by atoms with Crippen molar-refractivity contribution in [3.63, 3.8) is 0 Å². The minimum Gasteiger partial charge on any atom is -0.312 e. The summed E-state index contributed by atoms with van der Waals surface area (Å²) in [6.45, 7) is 0. The van der Waals surface area contributed by atoms with Crippen molar-refractivity contribution in [1.29, 1.82) is 0 Å². The minimum atomic E-state index is 0.483. The zero-order chi connectivity index (χ0) is 9.10. The van der Waals surface area contributed by atoms with Crippen LogP contribution in [0.4, 0.5) is 0 Å². The van der Waals surface area contributed by atoms with Crippen LogP contribution in [0.5, 0.6) is 0 Å². The zero-order valence-corrected chi connectivity index (χ0v) is 8.81. The van der Waals surface area contributed by atoms with Gasteiger partial charge in [-0.25, -0.2) is 4.98 Å². The van der Waals surface area contributed by atoms with Crippen molar-refractivity contribution >= 4 is 11.3 Å². The van der Waals surface area contributed by atoms with Gasteiger partial charge in [-0.1, -0.05) is 19.3 Å². The van der Waals surface area contributed by atoms with Gasteiger partial charge in [0.2, 0.25) is 0 Å². The van der Waals surface area contributed by atoms with Gasteiger partial charge < -0.3 is 5.32 Å².